The number of nitrogens with zero attached hydrogens (tertiary/aromatic N) is 2. The lowest BCUT2D eigenvalue weighted by molar-refractivity contribution is 0.121. The van der Waals surface area contributed by atoms with Crippen molar-refractivity contribution in [3.05, 3.63) is 35.4 Å². The monoisotopic (exact) mass is 273 g/mol. The van der Waals surface area contributed by atoms with Gasteiger partial charge in [-0.25, -0.2) is 0 Å². The van der Waals surface area contributed by atoms with E-state index in [0.29, 0.717) is 0 Å². The largest absolute Gasteiger partial charge is 0.313 e. The van der Waals surface area contributed by atoms with Crippen LogP contribution in [0, 0.1) is 0 Å². The summed E-state index contributed by atoms with van der Waals surface area (Å²) in [5.41, 5.74) is 2.83. The van der Waals surface area contributed by atoms with Crippen molar-refractivity contribution >= 4 is 0 Å². The maximum atomic E-state index is 3.37. The third-order valence-electron chi connectivity index (χ3n) is 4.48. The Labute approximate surface area is 123 Å². The molecule has 0 amide bonds. The molecule has 1 aromatic carbocycles. The molecule has 1 N–H and O–H groups in total. The molecule has 3 rings (SSSR count). The third-order valence-corrected chi connectivity index (χ3v) is 4.48. The first-order chi connectivity index (χ1) is 9.85. The van der Waals surface area contributed by atoms with Gasteiger partial charge in [0.15, 0.2) is 0 Å². The summed E-state index contributed by atoms with van der Waals surface area (Å²) in [7, 11) is 0. The van der Waals surface area contributed by atoms with Crippen LogP contribution in [-0.2, 0) is 13.1 Å². The average molecular weight is 273 g/mol. The second-order valence-electron chi connectivity index (χ2n) is 6.14. The minimum absolute atomic E-state index is 0.933. The molecule has 0 unspecified atom stereocenters. The summed E-state index contributed by atoms with van der Waals surface area (Å²) in [5, 5.41) is 3.37. The molecular weight excluding hydrogens is 246 g/mol. The number of rotatable bonds is 6. The molecule has 1 heterocycles. The van der Waals surface area contributed by atoms with Crippen molar-refractivity contribution < 1.29 is 0 Å². The second kappa shape index (κ2) is 6.70. The van der Waals surface area contributed by atoms with Gasteiger partial charge in [-0.15, -0.1) is 0 Å². The first kappa shape index (κ1) is 14.1. The van der Waals surface area contributed by atoms with E-state index in [0.717, 1.165) is 25.7 Å². The molecule has 2 fully saturated rings. The van der Waals surface area contributed by atoms with E-state index in [1.54, 1.807) is 0 Å². The van der Waals surface area contributed by atoms with Gasteiger partial charge in [-0.3, -0.25) is 9.80 Å². The predicted molar refractivity (Wildman–Crippen MR) is 83.7 cm³/mol. The van der Waals surface area contributed by atoms with Gasteiger partial charge in [0.2, 0.25) is 0 Å². The van der Waals surface area contributed by atoms with E-state index in [4.69, 9.17) is 0 Å². The van der Waals surface area contributed by atoms with Crippen molar-refractivity contribution in [3.8, 4) is 0 Å². The molecule has 1 aromatic rings. The fraction of sp³-hybridized carbons (Fsp3) is 0.647. The number of nitrogens with one attached hydrogen (secondary N) is 1. The van der Waals surface area contributed by atoms with E-state index < -0.39 is 0 Å². The minimum atomic E-state index is 0.933. The zero-order valence-electron chi connectivity index (χ0n) is 12.6. The van der Waals surface area contributed by atoms with E-state index in [9.17, 15) is 0 Å². The summed E-state index contributed by atoms with van der Waals surface area (Å²) in [6.45, 7) is 10.3. The molecule has 3 heteroatoms. The van der Waals surface area contributed by atoms with E-state index in [1.807, 2.05) is 0 Å². The van der Waals surface area contributed by atoms with Crippen LogP contribution in [0.1, 0.15) is 30.9 Å². The SMILES string of the molecule is CCNCc1ccc(CN2CCN(C3CC3)CC2)cc1. The highest BCUT2D eigenvalue weighted by molar-refractivity contribution is 5.22. The molecule has 1 saturated carbocycles. The molecule has 0 bridgehead atoms. The normalized spacial score (nSPS) is 21.2. The molecule has 1 saturated heterocycles. The summed E-state index contributed by atoms with van der Waals surface area (Å²) < 4.78 is 0. The summed E-state index contributed by atoms with van der Waals surface area (Å²) in [6, 6.07) is 10.0. The van der Waals surface area contributed by atoms with Crippen LogP contribution in [0.5, 0.6) is 0 Å². The van der Waals surface area contributed by atoms with Gasteiger partial charge in [-0.1, -0.05) is 31.2 Å². The summed E-state index contributed by atoms with van der Waals surface area (Å²) in [4.78, 5) is 5.27. The molecule has 0 atom stereocenters. The van der Waals surface area contributed by atoms with Crippen molar-refractivity contribution in [1.82, 2.24) is 15.1 Å². The van der Waals surface area contributed by atoms with Crippen molar-refractivity contribution in [2.24, 2.45) is 0 Å². The fourth-order valence-corrected chi connectivity index (χ4v) is 3.02. The van der Waals surface area contributed by atoms with Gasteiger partial charge in [-0.2, -0.15) is 0 Å². The predicted octanol–water partition coefficient (Wildman–Crippen LogP) is 2.08. The standard InChI is InChI=1S/C17H27N3/c1-2-18-13-15-3-5-16(6-4-15)14-19-9-11-20(12-10-19)17-7-8-17/h3-6,17-18H,2,7-14H2,1H3. The molecule has 0 aromatic heterocycles. The average Bonchev–Trinajstić information content (AvgIpc) is 3.32. The molecule has 2 aliphatic rings. The van der Waals surface area contributed by atoms with Gasteiger partial charge in [-0.05, 0) is 30.5 Å². The van der Waals surface area contributed by atoms with Crippen LogP contribution < -0.4 is 5.32 Å². The summed E-state index contributed by atoms with van der Waals surface area (Å²) in [5.74, 6) is 0. The van der Waals surface area contributed by atoms with Crippen LogP contribution in [0.25, 0.3) is 0 Å². The Morgan fingerprint density at radius 1 is 1.00 bits per heavy atom. The maximum Gasteiger partial charge on any atom is 0.0234 e. The lowest BCUT2D eigenvalue weighted by Gasteiger charge is -2.34. The van der Waals surface area contributed by atoms with Crippen LogP contribution >= 0.6 is 0 Å². The maximum absolute atomic E-state index is 3.37. The smallest absolute Gasteiger partial charge is 0.0234 e. The number of hydrogen-bond donors (Lipinski definition) is 1. The van der Waals surface area contributed by atoms with E-state index >= 15 is 0 Å². The van der Waals surface area contributed by atoms with Gasteiger partial charge >= 0.3 is 0 Å². The Kier molecular flexibility index (Phi) is 4.71. The summed E-state index contributed by atoms with van der Waals surface area (Å²) >= 11 is 0. The van der Waals surface area contributed by atoms with E-state index in [-0.39, 0.29) is 0 Å². The van der Waals surface area contributed by atoms with Crippen LogP contribution in [0.4, 0.5) is 0 Å². The number of benzene rings is 1. The van der Waals surface area contributed by atoms with Gasteiger partial charge in [0.05, 0.1) is 0 Å². The molecule has 3 nitrogen and oxygen atoms in total. The van der Waals surface area contributed by atoms with E-state index in [1.165, 1.54) is 50.1 Å². The van der Waals surface area contributed by atoms with Gasteiger partial charge in [0.1, 0.15) is 0 Å². The molecule has 110 valence electrons. The van der Waals surface area contributed by atoms with Crippen molar-refractivity contribution in [3.63, 3.8) is 0 Å². The van der Waals surface area contributed by atoms with Crippen LogP contribution in [0.2, 0.25) is 0 Å². The van der Waals surface area contributed by atoms with Gasteiger partial charge in [0, 0.05) is 45.3 Å². The lowest BCUT2D eigenvalue weighted by atomic mass is 10.1. The topological polar surface area (TPSA) is 18.5 Å². The Morgan fingerprint density at radius 3 is 2.25 bits per heavy atom. The van der Waals surface area contributed by atoms with Crippen molar-refractivity contribution in [1.29, 1.82) is 0 Å². The Morgan fingerprint density at radius 2 is 1.65 bits per heavy atom. The van der Waals surface area contributed by atoms with E-state index in [2.05, 4.69) is 46.3 Å². The molecule has 0 spiro atoms. The molecule has 0 radical (unpaired) electrons. The number of piperazine rings is 1. The highest BCUT2D eigenvalue weighted by atomic mass is 15.3. The van der Waals surface area contributed by atoms with Gasteiger partial charge in [0.25, 0.3) is 0 Å². The molecular formula is C17H27N3. The van der Waals surface area contributed by atoms with Crippen molar-refractivity contribution in [2.45, 2.75) is 38.9 Å². The first-order valence-electron chi connectivity index (χ1n) is 8.10. The zero-order chi connectivity index (χ0) is 13.8. The molecule has 1 aliphatic carbocycles. The number of hydrogen-bond acceptors (Lipinski definition) is 3. The first-order valence-corrected chi connectivity index (χ1v) is 8.10. The molecule has 1 aliphatic heterocycles. The third kappa shape index (κ3) is 3.81. The Balaban J connectivity index is 1.45. The van der Waals surface area contributed by atoms with Crippen LogP contribution in [0.3, 0.4) is 0 Å². The minimum Gasteiger partial charge on any atom is -0.313 e. The zero-order valence-corrected chi connectivity index (χ0v) is 12.6. The Hall–Kier alpha value is -0.900. The second-order valence-corrected chi connectivity index (χ2v) is 6.14. The Bertz CT molecular complexity index is 403. The quantitative estimate of drug-likeness (QED) is 0.856. The van der Waals surface area contributed by atoms with Crippen LogP contribution in [0.15, 0.2) is 24.3 Å². The lowest BCUT2D eigenvalue weighted by Crippen LogP contribution is -2.46. The van der Waals surface area contributed by atoms with Crippen molar-refractivity contribution in [2.75, 3.05) is 32.7 Å². The molecule has 20 heavy (non-hydrogen) atoms. The van der Waals surface area contributed by atoms with Gasteiger partial charge < -0.3 is 5.32 Å². The van der Waals surface area contributed by atoms with Crippen LogP contribution in [-0.4, -0.2) is 48.6 Å². The highest BCUT2D eigenvalue weighted by Gasteiger charge is 2.30. The summed E-state index contributed by atoms with van der Waals surface area (Å²) in [6.07, 6.45) is 2.88. The highest BCUT2D eigenvalue weighted by Crippen LogP contribution is 2.27. The fourth-order valence-electron chi connectivity index (χ4n) is 3.02.